The van der Waals surface area contributed by atoms with Crippen LogP contribution >= 0.6 is 0 Å². The molecule has 0 aliphatic rings. The summed E-state index contributed by atoms with van der Waals surface area (Å²) in [5.74, 6) is 1.43. The van der Waals surface area contributed by atoms with Crippen molar-refractivity contribution in [2.24, 2.45) is 4.99 Å². The number of aliphatic imine (C=N–C) groups is 1. The van der Waals surface area contributed by atoms with E-state index in [1.807, 2.05) is 45.0 Å². The molecule has 0 radical (unpaired) electrons. The highest BCUT2D eigenvalue weighted by Gasteiger charge is 2.07. The van der Waals surface area contributed by atoms with E-state index in [2.05, 4.69) is 15.6 Å². The topological polar surface area (TPSA) is 66.0 Å². The number of ether oxygens (including phenoxy) is 1. The van der Waals surface area contributed by atoms with Crippen LogP contribution in [0.3, 0.4) is 0 Å². The number of carbonyl (C=O) groups excluding carboxylic acids is 1. The predicted molar refractivity (Wildman–Crippen MR) is 93.9 cm³/mol. The van der Waals surface area contributed by atoms with Crippen LogP contribution in [0.1, 0.15) is 19.4 Å². The van der Waals surface area contributed by atoms with Gasteiger partial charge in [0.05, 0.1) is 6.54 Å². The predicted octanol–water partition coefficient (Wildman–Crippen LogP) is 1.41. The molecule has 128 valence electrons. The van der Waals surface area contributed by atoms with Gasteiger partial charge in [0.25, 0.3) is 0 Å². The third-order valence-electron chi connectivity index (χ3n) is 3.10. The molecule has 0 fully saturated rings. The van der Waals surface area contributed by atoms with Crippen molar-refractivity contribution >= 4 is 11.9 Å². The summed E-state index contributed by atoms with van der Waals surface area (Å²) in [6.45, 7) is 7.45. The molecule has 1 unspecified atom stereocenters. The first-order valence-corrected chi connectivity index (χ1v) is 7.88. The smallest absolute Gasteiger partial charge is 0.243 e. The standard InChI is InChI=1S/C17H28N4O2/c1-6-18-17(20-12-16(22)21(4)5)19-11-14(3)23-15-9-7-8-13(2)10-15/h7-10,14H,6,11-12H2,1-5H3,(H2,18,19,20). The van der Waals surface area contributed by atoms with E-state index in [1.54, 1.807) is 14.1 Å². The summed E-state index contributed by atoms with van der Waals surface area (Å²) < 4.78 is 5.87. The molecule has 0 aliphatic heterocycles. The Balaban J connectivity index is 2.50. The van der Waals surface area contributed by atoms with Crippen LogP contribution in [0.25, 0.3) is 0 Å². The summed E-state index contributed by atoms with van der Waals surface area (Å²) in [5, 5.41) is 6.31. The lowest BCUT2D eigenvalue weighted by molar-refractivity contribution is -0.127. The highest BCUT2D eigenvalue weighted by molar-refractivity contribution is 5.84. The molecule has 1 rings (SSSR count). The zero-order chi connectivity index (χ0) is 17.2. The van der Waals surface area contributed by atoms with Gasteiger partial charge in [-0.25, -0.2) is 4.99 Å². The van der Waals surface area contributed by atoms with E-state index in [-0.39, 0.29) is 18.6 Å². The molecule has 1 atom stereocenters. The average Bonchev–Trinajstić information content (AvgIpc) is 2.49. The molecule has 1 aromatic carbocycles. The molecular weight excluding hydrogens is 292 g/mol. The summed E-state index contributed by atoms with van der Waals surface area (Å²) in [5.41, 5.74) is 1.17. The van der Waals surface area contributed by atoms with E-state index in [4.69, 9.17) is 4.74 Å². The number of carbonyl (C=O) groups is 1. The number of amides is 1. The van der Waals surface area contributed by atoms with Crippen LogP contribution in [0.2, 0.25) is 0 Å². The quantitative estimate of drug-likeness (QED) is 0.589. The maximum absolute atomic E-state index is 11.6. The Morgan fingerprint density at radius 2 is 2.09 bits per heavy atom. The van der Waals surface area contributed by atoms with Crippen molar-refractivity contribution in [3.05, 3.63) is 29.8 Å². The van der Waals surface area contributed by atoms with E-state index in [1.165, 1.54) is 10.5 Å². The first kappa shape index (κ1) is 18.8. The summed E-state index contributed by atoms with van der Waals surface area (Å²) in [6, 6.07) is 7.96. The molecule has 2 N–H and O–H groups in total. The van der Waals surface area contributed by atoms with Crippen molar-refractivity contribution in [3.63, 3.8) is 0 Å². The second-order valence-electron chi connectivity index (χ2n) is 5.61. The van der Waals surface area contributed by atoms with Crippen LogP contribution in [-0.4, -0.2) is 56.6 Å². The first-order chi connectivity index (χ1) is 10.9. The molecule has 0 spiro atoms. The van der Waals surface area contributed by atoms with Crippen LogP contribution in [0.15, 0.2) is 29.3 Å². The SMILES string of the molecule is CCNC(=NCC(=O)N(C)C)NCC(C)Oc1cccc(C)c1. The molecule has 0 aliphatic carbocycles. The fourth-order valence-corrected chi connectivity index (χ4v) is 1.83. The fourth-order valence-electron chi connectivity index (χ4n) is 1.83. The number of aryl methyl sites for hydroxylation is 1. The molecule has 6 heteroatoms. The van der Waals surface area contributed by atoms with Crippen molar-refractivity contribution in [2.75, 3.05) is 33.7 Å². The van der Waals surface area contributed by atoms with Gasteiger partial charge in [-0.2, -0.15) is 0 Å². The Kier molecular flexibility index (Phi) is 7.94. The number of likely N-dealkylation sites (N-methyl/N-ethyl adjacent to an activating group) is 1. The molecular formula is C17H28N4O2. The number of nitrogens with one attached hydrogen (secondary N) is 2. The molecule has 0 saturated carbocycles. The van der Waals surface area contributed by atoms with Crippen molar-refractivity contribution in [1.29, 1.82) is 0 Å². The van der Waals surface area contributed by atoms with Crippen LogP contribution in [-0.2, 0) is 4.79 Å². The van der Waals surface area contributed by atoms with Crippen molar-refractivity contribution in [2.45, 2.75) is 26.9 Å². The molecule has 0 bridgehead atoms. The van der Waals surface area contributed by atoms with Crippen LogP contribution in [0.4, 0.5) is 0 Å². The van der Waals surface area contributed by atoms with Crippen molar-refractivity contribution < 1.29 is 9.53 Å². The molecule has 0 aromatic heterocycles. The third kappa shape index (κ3) is 7.54. The van der Waals surface area contributed by atoms with Gasteiger partial charge in [-0.1, -0.05) is 12.1 Å². The van der Waals surface area contributed by atoms with Crippen LogP contribution in [0, 0.1) is 6.92 Å². The van der Waals surface area contributed by atoms with Gasteiger partial charge in [0.2, 0.25) is 5.91 Å². The lowest BCUT2D eigenvalue weighted by Crippen LogP contribution is -2.42. The summed E-state index contributed by atoms with van der Waals surface area (Å²) in [4.78, 5) is 17.4. The van der Waals surface area contributed by atoms with Crippen molar-refractivity contribution in [3.8, 4) is 5.75 Å². The average molecular weight is 320 g/mol. The monoisotopic (exact) mass is 320 g/mol. The minimum Gasteiger partial charge on any atom is -0.489 e. The van der Waals surface area contributed by atoms with Gasteiger partial charge in [0, 0.05) is 20.6 Å². The summed E-state index contributed by atoms with van der Waals surface area (Å²) in [7, 11) is 3.44. The van der Waals surface area contributed by atoms with Gasteiger partial charge in [-0.15, -0.1) is 0 Å². The van der Waals surface area contributed by atoms with E-state index in [0.29, 0.717) is 12.5 Å². The molecule has 1 amide bonds. The minimum atomic E-state index is -0.0359. The van der Waals surface area contributed by atoms with Gasteiger partial charge in [0.15, 0.2) is 5.96 Å². The number of hydrogen-bond donors (Lipinski definition) is 2. The van der Waals surface area contributed by atoms with Crippen LogP contribution < -0.4 is 15.4 Å². The van der Waals surface area contributed by atoms with Gasteiger partial charge < -0.3 is 20.3 Å². The molecule has 23 heavy (non-hydrogen) atoms. The van der Waals surface area contributed by atoms with Crippen LogP contribution in [0.5, 0.6) is 5.75 Å². The van der Waals surface area contributed by atoms with E-state index >= 15 is 0 Å². The lowest BCUT2D eigenvalue weighted by Gasteiger charge is -2.18. The Morgan fingerprint density at radius 3 is 2.70 bits per heavy atom. The van der Waals surface area contributed by atoms with Gasteiger partial charge >= 0.3 is 0 Å². The number of guanidine groups is 1. The molecule has 0 saturated heterocycles. The van der Waals surface area contributed by atoms with Gasteiger partial charge in [0.1, 0.15) is 18.4 Å². The summed E-state index contributed by atoms with van der Waals surface area (Å²) >= 11 is 0. The third-order valence-corrected chi connectivity index (χ3v) is 3.10. The maximum Gasteiger partial charge on any atom is 0.243 e. The normalized spacial score (nSPS) is 12.5. The molecule has 1 aromatic rings. The summed E-state index contributed by atoms with van der Waals surface area (Å²) in [6.07, 6.45) is -0.0230. The second-order valence-corrected chi connectivity index (χ2v) is 5.61. The van der Waals surface area contributed by atoms with E-state index in [9.17, 15) is 4.79 Å². The number of nitrogens with zero attached hydrogens (tertiary/aromatic N) is 2. The minimum absolute atomic E-state index is 0.0230. The molecule has 0 heterocycles. The van der Waals surface area contributed by atoms with Gasteiger partial charge in [-0.05, 0) is 38.5 Å². The second kappa shape index (κ2) is 9.71. The zero-order valence-electron chi connectivity index (χ0n) is 14.7. The Bertz CT molecular complexity index is 529. The van der Waals surface area contributed by atoms with Gasteiger partial charge in [-0.3, -0.25) is 4.79 Å². The largest absolute Gasteiger partial charge is 0.489 e. The highest BCUT2D eigenvalue weighted by Crippen LogP contribution is 2.13. The van der Waals surface area contributed by atoms with E-state index in [0.717, 1.165) is 12.3 Å². The number of hydrogen-bond acceptors (Lipinski definition) is 3. The molecule has 6 nitrogen and oxygen atoms in total. The Morgan fingerprint density at radius 1 is 1.35 bits per heavy atom. The van der Waals surface area contributed by atoms with Crippen molar-refractivity contribution in [1.82, 2.24) is 15.5 Å². The zero-order valence-corrected chi connectivity index (χ0v) is 14.7. The fraction of sp³-hybridized carbons (Fsp3) is 0.529. The highest BCUT2D eigenvalue weighted by atomic mass is 16.5. The number of rotatable bonds is 7. The van der Waals surface area contributed by atoms with E-state index < -0.39 is 0 Å². The number of benzene rings is 1. The maximum atomic E-state index is 11.6. The Hall–Kier alpha value is -2.24. The first-order valence-electron chi connectivity index (χ1n) is 7.88. The Labute approximate surface area is 138 Å². The lowest BCUT2D eigenvalue weighted by atomic mass is 10.2.